The van der Waals surface area contributed by atoms with Gasteiger partial charge >= 0.3 is 6.61 Å². The third kappa shape index (κ3) is 3.20. The molecule has 0 aliphatic heterocycles. The second kappa shape index (κ2) is 5.45. The summed E-state index contributed by atoms with van der Waals surface area (Å²) < 4.78 is 28.3. The normalized spacial score (nSPS) is 12.6. The van der Waals surface area contributed by atoms with Crippen molar-refractivity contribution in [1.29, 1.82) is 5.26 Å². The number of hydrogen-bond acceptors (Lipinski definition) is 2. The Morgan fingerprint density at radius 3 is 2.50 bits per heavy atom. The van der Waals surface area contributed by atoms with Crippen molar-refractivity contribution < 1.29 is 13.5 Å². The Morgan fingerprint density at radius 1 is 1.31 bits per heavy atom. The topological polar surface area (TPSA) is 33.0 Å². The number of rotatable bonds is 4. The van der Waals surface area contributed by atoms with Crippen LogP contribution in [0.1, 0.15) is 25.3 Å². The molecule has 16 heavy (non-hydrogen) atoms. The molecule has 0 saturated heterocycles. The molecule has 1 unspecified atom stereocenters. The molecule has 0 bridgehead atoms. The predicted octanol–water partition coefficient (Wildman–Crippen LogP) is 3.55. The molecule has 1 aromatic carbocycles. The smallest absolute Gasteiger partial charge is 0.387 e. The summed E-state index contributed by atoms with van der Waals surface area (Å²) in [5.74, 6) is -0.0820. The molecule has 0 amide bonds. The van der Waals surface area contributed by atoms with E-state index in [0.29, 0.717) is 5.56 Å². The lowest BCUT2D eigenvalue weighted by atomic mass is 9.90. The fourth-order valence-electron chi connectivity index (χ4n) is 1.49. The van der Waals surface area contributed by atoms with Crippen LogP contribution in [0.15, 0.2) is 24.3 Å². The lowest BCUT2D eigenvalue weighted by Gasteiger charge is -2.14. The summed E-state index contributed by atoms with van der Waals surface area (Å²) in [6.07, 6.45) is 0. The highest BCUT2D eigenvalue weighted by atomic mass is 19.3. The minimum absolute atomic E-state index is 0.0911. The zero-order valence-corrected chi connectivity index (χ0v) is 9.15. The predicted molar refractivity (Wildman–Crippen MR) is 56.3 cm³/mol. The van der Waals surface area contributed by atoms with E-state index in [1.165, 1.54) is 12.1 Å². The lowest BCUT2D eigenvalue weighted by molar-refractivity contribution is -0.0498. The summed E-state index contributed by atoms with van der Waals surface area (Å²) >= 11 is 0. The second-order valence-electron chi connectivity index (χ2n) is 3.80. The van der Waals surface area contributed by atoms with Gasteiger partial charge in [-0.2, -0.15) is 14.0 Å². The van der Waals surface area contributed by atoms with E-state index >= 15 is 0 Å². The Bertz CT molecular complexity index is 385. The molecule has 0 spiro atoms. The summed E-state index contributed by atoms with van der Waals surface area (Å²) in [5, 5.41) is 8.98. The van der Waals surface area contributed by atoms with Crippen molar-refractivity contribution in [3.63, 3.8) is 0 Å². The van der Waals surface area contributed by atoms with Crippen LogP contribution in [0.2, 0.25) is 0 Å². The first kappa shape index (κ1) is 12.4. The number of nitriles is 1. The molecule has 0 fully saturated rings. The molecule has 86 valence electrons. The molecule has 0 aliphatic rings. The van der Waals surface area contributed by atoms with Gasteiger partial charge in [-0.25, -0.2) is 0 Å². The minimum Gasteiger partial charge on any atom is -0.435 e. The zero-order chi connectivity index (χ0) is 12.1. The van der Waals surface area contributed by atoms with Crippen molar-refractivity contribution in [3.05, 3.63) is 29.8 Å². The van der Waals surface area contributed by atoms with Gasteiger partial charge in [-0.05, 0) is 23.6 Å². The second-order valence-corrected chi connectivity index (χ2v) is 3.80. The van der Waals surface area contributed by atoms with E-state index in [0.717, 1.165) is 0 Å². The molecule has 0 aromatic heterocycles. The van der Waals surface area contributed by atoms with Crippen LogP contribution < -0.4 is 4.74 Å². The van der Waals surface area contributed by atoms with Crippen molar-refractivity contribution in [2.45, 2.75) is 26.4 Å². The highest BCUT2D eigenvalue weighted by molar-refractivity contribution is 5.33. The summed E-state index contributed by atoms with van der Waals surface area (Å²) in [4.78, 5) is 0. The maximum atomic E-state index is 12.0. The number of nitrogens with zero attached hydrogens (tertiary/aromatic N) is 1. The van der Waals surface area contributed by atoms with E-state index < -0.39 is 6.61 Å². The third-order valence-electron chi connectivity index (χ3n) is 2.25. The van der Waals surface area contributed by atoms with E-state index in [2.05, 4.69) is 10.8 Å². The molecule has 2 nitrogen and oxygen atoms in total. The van der Waals surface area contributed by atoms with Crippen LogP contribution in [0.5, 0.6) is 5.75 Å². The number of benzene rings is 1. The molecular weight excluding hydrogens is 212 g/mol. The van der Waals surface area contributed by atoms with Gasteiger partial charge < -0.3 is 4.74 Å². The molecule has 1 atom stereocenters. The van der Waals surface area contributed by atoms with Crippen molar-refractivity contribution in [3.8, 4) is 11.8 Å². The first-order valence-corrected chi connectivity index (χ1v) is 4.99. The van der Waals surface area contributed by atoms with Gasteiger partial charge in [0.15, 0.2) is 0 Å². The maximum absolute atomic E-state index is 12.0. The van der Waals surface area contributed by atoms with Crippen LogP contribution in [-0.4, -0.2) is 6.61 Å². The Balaban J connectivity index is 2.93. The average molecular weight is 225 g/mol. The van der Waals surface area contributed by atoms with Crippen LogP contribution in [0.4, 0.5) is 8.78 Å². The molecule has 0 radical (unpaired) electrons. The van der Waals surface area contributed by atoms with Crippen molar-refractivity contribution in [2.24, 2.45) is 5.92 Å². The van der Waals surface area contributed by atoms with Crippen LogP contribution >= 0.6 is 0 Å². The summed E-state index contributed by atoms with van der Waals surface area (Å²) in [7, 11) is 0. The number of hydrogen-bond donors (Lipinski definition) is 0. The van der Waals surface area contributed by atoms with E-state index in [1.54, 1.807) is 12.1 Å². The van der Waals surface area contributed by atoms with Gasteiger partial charge in [0, 0.05) is 0 Å². The first-order valence-electron chi connectivity index (χ1n) is 4.99. The van der Waals surface area contributed by atoms with Crippen molar-refractivity contribution >= 4 is 0 Å². The van der Waals surface area contributed by atoms with Crippen LogP contribution in [-0.2, 0) is 0 Å². The molecule has 0 aliphatic carbocycles. The fourth-order valence-corrected chi connectivity index (χ4v) is 1.49. The molecule has 0 saturated carbocycles. The molecule has 0 N–H and O–H groups in total. The fraction of sp³-hybridized carbons (Fsp3) is 0.417. The molecule has 0 heterocycles. The summed E-state index contributed by atoms with van der Waals surface area (Å²) in [5.41, 5.74) is 0.704. The highest BCUT2D eigenvalue weighted by Crippen LogP contribution is 2.27. The standard InChI is InChI=1S/C12H13F2NO/c1-8(2)11(7-15)9-4-3-5-10(6-9)16-12(13)14/h3-6,8,11-12H,1-2H3. The van der Waals surface area contributed by atoms with E-state index in [1.807, 2.05) is 13.8 Å². The van der Waals surface area contributed by atoms with Crippen LogP contribution in [0.3, 0.4) is 0 Å². The van der Waals surface area contributed by atoms with Gasteiger partial charge in [0.05, 0.1) is 12.0 Å². The van der Waals surface area contributed by atoms with Gasteiger partial charge in [0.25, 0.3) is 0 Å². The maximum Gasteiger partial charge on any atom is 0.387 e. The number of halogens is 2. The molecule has 4 heteroatoms. The van der Waals surface area contributed by atoms with E-state index in [9.17, 15) is 8.78 Å². The summed E-state index contributed by atoms with van der Waals surface area (Å²) in [6, 6.07) is 8.44. The lowest BCUT2D eigenvalue weighted by Crippen LogP contribution is -2.06. The van der Waals surface area contributed by atoms with Gasteiger partial charge in [-0.15, -0.1) is 0 Å². The van der Waals surface area contributed by atoms with Crippen LogP contribution in [0, 0.1) is 17.2 Å². The minimum atomic E-state index is -2.84. The number of alkyl halides is 2. The quantitative estimate of drug-likeness (QED) is 0.785. The zero-order valence-electron chi connectivity index (χ0n) is 9.15. The van der Waals surface area contributed by atoms with E-state index in [-0.39, 0.29) is 17.6 Å². The van der Waals surface area contributed by atoms with Crippen molar-refractivity contribution in [2.75, 3.05) is 0 Å². The Labute approximate surface area is 93.5 Å². The average Bonchev–Trinajstić information content (AvgIpc) is 2.17. The largest absolute Gasteiger partial charge is 0.435 e. The Morgan fingerprint density at radius 2 is 2.00 bits per heavy atom. The third-order valence-corrected chi connectivity index (χ3v) is 2.25. The molecular formula is C12H13F2NO. The number of ether oxygens (including phenoxy) is 1. The molecule has 1 rings (SSSR count). The SMILES string of the molecule is CC(C)C(C#N)c1cccc(OC(F)F)c1. The Hall–Kier alpha value is -1.63. The van der Waals surface area contributed by atoms with Gasteiger partial charge in [0.2, 0.25) is 0 Å². The van der Waals surface area contributed by atoms with Crippen molar-refractivity contribution in [1.82, 2.24) is 0 Å². The Kier molecular flexibility index (Phi) is 4.24. The molecule has 1 aromatic rings. The van der Waals surface area contributed by atoms with Gasteiger partial charge in [-0.1, -0.05) is 26.0 Å². The monoisotopic (exact) mass is 225 g/mol. The highest BCUT2D eigenvalue weighted by Gasteiger charge is 2.16. The summed E-state index contributed by atoms with van der Waals surface area (Å²) in [6.45, 7) is 0.984. The first-order chi connectivity index (χ1) is 7.54. The van der Waals surface area contributed by atoms with E-state index in [4.69, 9.17) is 5.26 Å². The van der Waals surface area contributed by atoms with Gasteiger partial charge in [0.1, 0.15) is 5.75 Å². The van der Waals surface area contributed by atoms with Gasteiger partial charge in [-0.3, -0.25) is 0 Å². The van der Waals surface area contributed by atoms with Crippen LogP contribution in [0.25, 0.3) is 0 Å².